The molecule has 0 spiro atoms. The van der Waals surface area contributed by atoms with Crippen molar-refractivity contribution in [1.82, 2.24) is 0 Å². The molecule has 0 amide bonds. The summed E-state index contributed by atoms with van der Waals surface area (Å²) in [6, 6.07) is 9.11. The zero-order valence-corrected chi connectivity index (χ0v) is 10.8. The third-order valence-corrected chi connectivity index (χ3v) is 3.82. The van der Waals surface area contributed by atoms with Crippen LogP contribution < -0.4 is 5.73 Å². The monoisotopic (exact) mass is 277 g/mol. The maximum atomic E-state index is 12.6. The number of alkyl halides is 3. The SMILES string of the molecule is Nc1ccc2c(c1-c1ccc(C(F)(F)F)cc1)CCC2. The van der Waals surface area contributed by atoms with Crippen molar-refractivity contribution in [3.05, 3.63) is 53.1 Å². The minimum atomic E-state index is -4.30. The number of hydrogen-bond donors (Lipinski definition) is 1. The molecule has 0 unspecified atom stereocenters. The van der Waals surface area contributed by atoms with E-state index in [1.807, 2.05) is 12.1 Å². The lowest BCUT2D eigenvalue weighted by molar-refractivity contribution is -0.137. The van der Waals surface area contributed by atoms with Crippen LogP contribution in [-0.2, 0) is 19.0 Å². The molecule has 0 bridgehead atoms. The summed E-state index contributed by atoms with van der Waals surface area (Å²) in [5, 5.41) is 0. The molecule has 0 fully saturated rings. The first-order chi connectivity index (χ1) is 9.47. The summed E-state index contributed by atoms with van der Waals surface area (Å²) in [5.41, 5.74) is 10.1. The number of nitrogens with two attached hydrogens (primary N) is 1. The number of anilines is 1. The van der Waals surface area contributed by atoms with Gasteiger partial charge in [-0.3, -0.25) is 0 Å². The van der Waals surface area contributed by atoms with Gasteiger partial charge in [0.25, 0.3) is 0 Å². The van der Waals surface area contributed by atoms with E-state index in [2.05, 4.69) is 0 Å². The van der Waals surface area contributed by atoms with Gasteiger partial charge in [0.15, 0.2) is 0 Å². The molecule has 104 valence electrons. The van der Waals surface area contributed by atoms with Crippen LogP contribution in [-0.4, -0.2) is 0 Å². The van der Waals surface area contributed by atoms with Gasteiger partial charge in [0.05, 0.1) is 5.56 Å². The quantitative estimate of drug-likeness (QED) is 0.766. The molecule has 1 aliphatic carbocycles. The topological polar surface area (TPSA) is 26.0 Å². The number of benzene rings is 2. The lowest BCUT2D eigenvalue weighted by atomic mass is 9.94. The number of aryl methyl sites for hydroxylation is 1. The Labute approximate surface area is 115 Å². The van der Waals surface area contributed by atoms with Crippen molar-refractivity contribution in [1.29, 1.82) is 0 Å². The molecular weight excluding hydrogens is 263 g/mol. The van der Waals surface area contributed by atoms with E-state index in [4.69, 9.17) is 5.73 Å². The molecule has 0 aromatic heterocycles. The van der Waals surface area contributed by atoms with Gasteiger partial charge in [-0.05, 0) is 54.2 Å². The van der Waals surface area contributed by atoms with Crippen LogP contribution in [0.15, 0.2) is 36.4 Å². The van der Waals surface area contributed by atoms with Crippen LogP contribution in [0.5, 0.6) is 0 Å². The molecule has 0 saturated carbocycles. The largest absolute Gasteiger partial charge is 0.416 e. The minimum absolute atomic E-state index is 0.630. The number of hydrogen-bond acceptors (Lipinski definition) is 1. The van der Waals surface area contributed by atoms with Crippen molar-refractivity contribution in [2.45, 2.75) is 25.4 Å². The fourth-order valence-electron chi connectivity index (χ4n) is 2.85. The number of rotatable bonds is 1. The van der Waals surface area contributed by atoms with Gasteiger partial charge in [0.2, 0.25) is 0 Å². The van der Waals surface area contributed by atoms with Crippen molar-refractivity contribution >= 4 is 5.69 Å². The van der Waals surface area contributed by atoms with E-state index in [1.165, 1.54) is 23.3 Å². The van der Waals surface area contributed by atoms with Gasteiger partial charge in [0.1, 0.15) is 0 Å². The van der Waals surface area contributed by atoms with Crippen molar-refractivity contribution in [3.8, 4) is 11.1 Å². The van der Waals surface area contributed by atoms with E-state index in [9.17, 15) is 13.2 Å². The molecule has 4 heteroatoms. The summed E-state index contributed by atoms with van der Waals surface area (Å²) < 4.78 is 37.8. The molecule has 1 nitrogen and oxygen atoms in total. The van der Waals surface area contributed by atoms with Crippen molar-refractivity contribution in [3.63, 3.8) is 0 Å². The van der Waals surface area contributed by atoms with Gasteiger partial charge in [-0.15, -0.1) is 0 Å². The van der Waals surface area contributed by atoms with Gasteiger partial charge in [-0.25, -0.2) is 0 Å². The summed E-state index contributed by atoms with van der Waals surface area (Å²) in [7, 11) is 0. The first kappa shape index (κ1) is 13.0. The summed E-state index contributed by atoms with van der Waals surface area (Å²) >= 11 is 0. The molecule has 0 saturated heterocycles. The molecule has 2 N–H and O–H groups in total. The summed E-state index contributed by atoms with van der Waals surface area (Å²) in [6.07, 6.45) is -1.27. The predicted molar refractivity (Wildman–Crippen MR) is 73.3 cm³/mol. The molecule has 0 radical (unpaired) electrons. The standard InChI is InChI=1S/C16H14F3N/c17-16(18,19)12-7-4-11(5-8-12)15-13-3-1-2-10(13)6-9-14(15)20/h4-9H,1-3,20H2. The van der Waals surface area contributed by atoms with Crippen molar-refractivity contribution in [2.75, 3.05) is 5.73 Å². The average molecular weight is 277 g/mol. The van der Waals surface area contributed by atoms with E-state index < -0.39 is 11.7 Å². The van der Waals surface area contributed by atoms with E-state index in [-0.39, 0.29) is 0 Å². The van der Waals surface area contributed by atoms with Crippen LogP contribution in [0.1, 0.15) is 23.1 Å². The van der Waals surface area contributed by atoms with Gasteiger partial charge in [0, 0.05) is 11.3 Å². The first-order valence-corrected chi connectivity index (χ1v) is 6.54. The summed E-state index contributed by atoms with van der Waals surface area (Å²) in [5.74, 6) is 0. The molecule has 0 atom stereocenters. The predicted octanol–water partition coefficient (Wildman–Crippen LogP) is 4.44. The number of nitrogen functional groups attached to an aromatic ring is 1. The normalized spacial score (nSPS) is 14.3. The Hall–Kier alpha value is -1.97. The Morgan fingerprint density at radius 1 is 0.900 bits per heavy atom. The maximum Gasteiger partial charge on any atom is 0.416 e. The molecular formula is C16H14F3N. The number of fused-ring (bicyclic) bond motifs is 1. The van der Waals surface area contributed by atoms with Crippen LogP contribution in [0, 0.1) is 0 Å². The summed E-state index contributed by atoms with van der Waals surface area (Å²) in [6.45, 7) is 0. The fourth-order valence-corrected chi connectivity index (χ4v) is 2.85. The molecule has 2 aromatic carbocycles. The molecule has 1 aliphatic rings. The number of halogens is 3. The third-order valence-electron chi connectivity index (χ3n) is 3.82. The van der Waals surface area contributed by atoms with Crippen LogP contribution in [0.25, 0.3) is 11.1 Å². The highest BCUT2D eigenvalue weighted by atomic mass is 19.4. The maximum absolute atomic E-state index is 12.6. The summed E-state index contributed by atoms with van der Waals surface area (Å²) in [4.78, 5) is 0. The second-order valence-corrected chi connectivity index (χ2v) is 5.10. The van der Waals surface area contributed by atoms with Crippen LogP contribution in [0.3, 0.4) is 0 Å². The van der Waals surface area contributed by atoms with Crippen LogP contribution in [0.2, 0.25) is 0 Å². The Kier molecular flexibility index (Phi) is 2.96. The van der Waals surface area contributed by atoms with E-state index >= 15 is 0 Å². The second kappa shape index (κ2) is 4.54. The van der Waals surface area contributed by atoms with Crippen molar-refractivity contribution in [2.24, 2.45) is 0 Å². The Bertz CT molecular complexity index is 642. The fraction of sp³-hybridized carbons (Fsp3) is 0.250. The zero-order chi connectivity index (χ0) is 14.3. The Morgan fingerprint density at radius 3 is 2.25 bits per heavy atom. The van der Waals surface area contributed by atoms with Crippen LogP contribution >= 0.6 is 0 Å². The average Bonchev–Trinajstić information content (AvgIpc) is 2.86. The molecule has 0 aliphatic heterocycles. The first-order valence-electron chi connectivity index (χ1n) is 6.54. The highest BCUT2D eigenvalue weighted by molar-refractivity contribution is 5.81. The Balaban J connectivity index is 2.08. The molecule has 20 heavy (non-hydrogen) atoms. The minimum Gasteiger partial charge on any atom is -0.398 e. The second-order valence-electron chi connectivity index (χ2n) is 5.10. The lowest BCUT2D eigenvalue weighted by Crippen LogP contribution is -2.04. The lowest BCUT2D eigenvalue weighted by Gasteiger charge is -2.13. The molecule has 0 heterocycles. The van der Waals surface area contributed by atoms with Gasteiger partial charge in [-0.1, -0.05) is 18.2 Å². The molecule has 2 aromatic rings. The third kappa shape index (κ3) is 2.15. The van der Waals surface area contributed by atoms with E-state index in [1.54, 1.807) is 0 Å². The van der Waals surface area contributed by atoms with Gasteiger partial charge in [-0.2, -0.15) is 13.2 Å². The highest BCUT2D eigenvalue weighted by Crippen LogP contribution is 2.38. The van der Waals surface area contributed by atoms with Crippen molar-refractivity contribution < 1.29 is 13.2 Å². The zero-order valence-electron chi connectivity index (χ0n) is 10.8. The smallest absolute Gasteiger partial charge is 0.398 e. The van der Waals surface area contributed by atoms with Crippen LogP contribution in [0.4, 0.5) is 18.9 Å². The Morgan fingerprint density at radius 2 is 1.60 bits per heavy atom. The molecule has 3 rings (SSSR count). The van der Waals surface area contributed by atoms with E-state index in [0.29, 0.717) is 5.69 Å². The highest BCUT2D eigenvalue weighted by Gasteiger charge is 2.30. The van der Waals surface area contributed by atoms with Gasteiger partial charge < -0.3 is 5.73 Å². The van der Waals surface area contributed by atoms with Gasteiger partial charge >= 0.3 is 6.18 Å². The van der Waals surface area contributed by atoms with E-state index in [0.717, 1.165) is 42.5 Å².